The van der Waals surface area contributed by atoms with Gasteiger partial charge in [-0.2, -0.15) is 0 Å². The van der Waals surface area contributed by atoms with Gasteiger partial charge < -0.3 is 9.47 Å². The first-order valence-corrected chi connectivity index (χ1v) is 9.32. The van der Waals surface area contributed by atoms with Crippen LogP contribution in [-0.2, 0) is 14.3 Å². The average molecular weight is 367 g/mol. The maximum atomic E-state index is 11.6. The van der Waals surface area contributed by atoms with Gasteiger partial charge >= 0.3 is 11.9 Å². The van der Waals surface area contributed by atoms with Crippen LogP contribution in [0.3, 0.4) is 0 Å². The second-order valence-corrected chi connectivity index (χ2v) is 6.29. The van der Waals surface area contributed by atoms with Crippen LogP contribution < -0.4 is 4.74 Å². The van der Waals surface area contributed by atoms with E-state index in [1.54, 1.807) is 24.3 Å². The quantitative estimate of drug-likeness (QED) is 0.212. The van der Waals surface area contributed by atoms with E-state index in [0.717, 1.165) is 25.0 Å². The molecule has 0 spiro atoms. The molecular weight excluding hydrogens is 340 g/mol. The number of carbonyl (C=O) groups excluding carboxylic acids is 2. The van der Waals surface area contributed by atoms with E-state index in [1.807, 2.05) is 0 Å². The first kappa shape index (κ1) is 21.2. The molecule has 5 heteroatoms. The van der Waals surface area contributed by atoms with E-state index in [4.69, 9.17) is 21.1 Å². The lowest BCUT2D eigenvalue weighted by atomic mass is 10.1. The van der Waals surface area contributed by atoms with E-state index in [0.29, 0.717) is 17.4 Å². The lowest BCUT2D eigenvalue weighted by Crippen LogP contribution is -2.07. The second kappa shape index (κ2) is 13.5. The molecule has 0 atom stereocenters. The zero-order valence-corrected chi connectivity index (χ0v) is 15.6. The van der Waals surface area contributed by atoms with Gasteiger partial charge in [0.15, 0.2) is 0 Å². The van der Waals surface area contributed by atoms with E-state index in [2.05, 4.69) is 6.92 Å². The minimum atomic E-state index is -0.633. The summed E-state index contributed by atoms with van der Waals surface area (Å²) < 4.78 is 10.1. The Kier molecular flexibility index (Phi) is 11.4. The Morgan fingerprint density at radius 2 is 1.44 bits per heavy atom. The summed E-state index contributed by atoms with van der Waals surface area (Å²) in [7, 11) is 0. The molecule has 0 amide bonds. The number of ether oxygens (including phenoxy) is 2. The van der Waals surface area contributed by atoms with E-state index in [9.17, 15) is 9.59 Å². The van der Waals surface area contributed by atoms with Crippen molar-refractivity contribution in [2.24, 2.45) is 0 Å². The van der Waals surface area contributed by atoms with Crippen LogP contribution in [0.4, 0.5) is 0 Å². The Labute approximate surface area is 155 Å². The number of rotatable bonds is 12. The summed E-state index contributed by atoms with van der Waals surface area (Å²) in [5.41, 5.74) is 0. The monoisotopic (exact) mass is 366 g/mol. The summed E-state index contributed by atoms with van der Waals surface area (Å²) in [6.45, 7) is 2.59. The molecule has 0 unspecified atom stereocenters. The first-order chi connectivity index (χ1) is 12.1. The summed E-state index contributed by atoms with van der Waals surface area (Å²) in [5.74, 6) is -0.797. The number of hydrogen-bond acceptors (Lipinski definition) is 4. The van der Waals surface area contributed by atoms with Crippen molar-refractivity contribution in [3.05, 3.63) is 41.4 Å². The molecule has 0 fully saturated rings. The summed E-state index contributed by atoms with van der Waals surface area (Å²) >= 11 is 5.74. The lowest BCUT2D eigenvalue weighted by molar-refractivity contribution is -0.138. The van der Waals surface area contributed by atoms with Gasteiger partial charge in [-0.25, -0.2) is 9.59 Å². The van der Waals surface area contributed by atoms with Gasteiger partial charge in [-0.05, 0) is 30.7 Å². The number of esters is 2. The standard InChI is InChI=1S/C20H27ClO4/c1-2-3-4-5-6-7-8-9-16-24-19(22)14-15-20(23)25-18-12-10-17(21)11-13-18/h10-15H,2-9,16H2,1H3/b15-14+. The van der Waals surface area contributed by atoms with E-state index >= 15 is 0 Å². The van der Waals surface area contributed by atoms with Crippen LogP contribution >= 0.6 is 11.6 Å². The number of halogens is 1. The number of carbonyl (C=O) groups is 2. The molecule has 0 radical (unpaired) electrons. The van der Waals surface area contributed by atoms with Crippen molar-refractivity contribution in [1.29, 1.82) is 0 Å². The molecule has 1 rings (SSSR count). The normalized spacial score (nSPS) is 10.8. The van der Waals surface area contributed by atoms with Crippen LogP contribution in [0.1, 0.15) is 58.3 Å². The highest BCUT2D eigenvalue weighted by Crippen LogP contribution is 2.15. The SMILES string of the molecule is CCCCCCCCCCOC(=O)/C=C/C(=O)Oc1ccc(Cl)cc1. The molecule has 0 N–H and O–H groups in total. The van der Waals surface area contributed by atoms with Crippen LogP contribution in [0.25, 0.3) is 0 Å². The van der Waals surface area contributed by atoms with Gasteiger partial charge in [0.25, 0.3) is 0 Å². The Hall–Kier alpha value is -1.81. The van der Waals surface area contributed by atoms with Crippen molar-refractivity contribution in [1.82, 2.24) is 0 Å². The lowest BCUT2D eigenvalue weighted by Gasteiger charge is -2.03. The Morgan fingerprint density at radius 1 is 0.880 bits per heavy atom. The predicted molar refractivity (Wildman–Crippen MR) is 99.8 cm³/mol. The van der Waals surface area contributed by atoms with Gasteiger partial charge in [0.2, 0.25) is 0 Å². The van der Waals surface area contributed by atoms with E-state index in [1.165, 1.54) is 38.5 Å². The highest BCUT2D eigenvalue weighted by Gasteiger charge is 2.03. The fourth-order valence-electron chi connectivity index (χ4n) is 2.25. The molecule has 0 saturated carbocycles. The van der Waals surface area contributed by atoms with Crippen LogP contribution in [-0.4, -0.2) is 18.5 Å². The molecule has 0 saturated heterocycles. The highest BCUT2D eigenvalue weighted by atomic mass is 35.5. The third kappa shape index (κ3) is 11.4. The molecule has 1 aromatic carbocycles. The summed E-state index contributed by atoms with van der Waals surface area (Å²) in [6.07, 6.45) is 11.6. The van der Waals surface area contributed by atoms with E-state index in [-0.39, 0.29) is 0 Å². The maximum Gasteiger partial charge on any atom is 0.336 e. The molecular formula is C20H27ClO4. The first-order valence-electron chi connectivity index (χ1n) is 8.94. The fraction of sp³-hybridized carbons (Fsp3) is 0.500. The third-order valence-electron chi connectivity index (χ3n) is 3.63. The topological polar surface area (TPSA) is 52.6 Å². The van der Waals surface area contributed by atoms with Crippen molar-refractivity contribution >= 4 is 23.5 Å². The Balaban J connectivity index is 2.08. The average Bonchev–Trinajstić information content (AvgIpc) is 2.60. The van der Waals surface area contributed by atoms with Gasteiger partial charge in [-0.3, -0.25) is 0 Å². The summed E-state index contributed by atoms with van der Waals surface area (Å²) in [6, 6.07) is 6.39. The van der Waals surface area contributed by atoms with Crippen molar-refractivity contribution < 1.29 is 19.1 Å². The minimum Gasteiger partial charge on any atom is -0.463 e. The number of unbranched alkanes of at least 4 members (excludes halogenated alkanes) is 7. The molecule has 138 valence electrons. The molecule has 0 heterocycles. The molecule has 0 aromatic heterocycles. The van der Waals surface area contributed by atoms with Crippen molar-refractivity contribution in [3.8, 4) is 5.75 Å². The van der Waals surface area contributed by atoms with Crippen molar-refractivity contribution in [2.75, 3.05) is 6.61 Å². The van der Waals surface area contributed by atoms with Gasteiger partial charge in [0.05, 0.1) is 6.61 Å². The Bertz CT molecular complexity index is 537. The zero-order chi connectivity index (χ0) is 18.3. The van der Waals surface area contributed by atoms with Crippen LogP contribution in [0.5, 0.6) is 5.75 Å². The molecule has 0 aliphatic rings. The zero-order valence-electron chi connectivity index (χ0n) is 14.8. The van der Waals surface area contributed by atoms with Crippen molar-refractivity contribution in [3.63, 3.8) is 0 Å². The molecule has 0 aliphatic heterocycles. The maximum absolute atomic E-state index is 11.6. The molecule has 25 heavy (non-hydrogen) atoms. The molecule has 0 bridgehead atoms. The molecule has 0 aliphatic carbocycles. The minimum absolute atomic E-state index is 0.367. The van der Waals surface area contributed by atoms with Gasteiger partial charge in [-0.1, -0.05) is 63.5 Å². The van der Waals surface area contributed by atoms with Gasteiger partial charge in [-0.15, -0.1) is 0 Å². The summed E-state index contributed by atoms with van der Waals surface area (Å²) in [5, 5.41) is 0.555. The number of hydrogen-bond donors (Lipinski definition) is 0. The number of benzene rings is 1. The molecule has 1 aromatic rings. The van der Waals surface area contributed by atoms with Crippen LogP contribution in [0.2, 0.25) is 5.02 Å². The van der Waals surface area contributed by atoms with E-state index < -0.39 is 11.9 Å². The van der Waals surface area contributed by atoms with Gasteiger partial charge in [0.1, 0.15) is 5.75 Å². The predicted octanol–water partition coefficient (Wildman–Crippen LogP) is 5.49. The smallest absolute Gasteiger partial charge is 0.336 e. The second-order valence-electron chi connectivity index (χ2n) is 5.85. The fourth-order valence-corrected chi connectivity index (χ4v) is 2.37. The Morgan fingerprint density at radius 3 is 2.08 bits per heavy atom. The van der Waals surface area contributed by atoms with Crippen LogP contribution in [0.15, 0.2) is 36.4 Å². The largest absolute Gasteiger partial charge is 0.463 e. The van der Waals surface area contributed by atoms with Crippen molar-refractivity contribution in [2.45, 2.75) is 58.3 Å². The van der Waals surface area contributed by atoms with Gasteiger partial charge in [0, 0.05) is 17.2 Å². The highest BCUT2D eigenvalue weighted by molar-refractivity contribution is 6.30. The van der Waals surface area contributed by atoms with Crippen LogP contribution in [0, 0.1) is 0 Å². The third-order valence-corrected chi connectivity index (χ3v) is 3.88. The molecule has 4 nitrogen and oxygen atoms in total. The summed E-state index contributed by atoms with van der Waals surface area (Å²) in [4.78, 5) is 23.1.